The Morgan fingerprint density at radius 3 is 2.62 bits per heavy atom. The molecule has 0 amide bonds. The highest BCUT2D eigenvalue weighted by molar-refractivity contribution is 5.69. The maximum Gasteiger partial charge on any atom is 0.225 e. The zero-order valence-corrected chi connectivity index (χ0v) is 17.3. The van der Waals surface area contributed by atoms with E-state index in [1.54, 1.807) is 14.2 Å². The Morgan fingerprint density at radius 2 is 1.83 bits per heavy atom. The number of nitrogens with one attached hydrogen (secondary N) is 1. The summed E-state index contributed by atoms with van der Waals surface area (Å²) in [5, 5.41) is 3.35. The largest absolute Gasteiger partial charge is 0.493 e. The van der Waals surface area contributed by atoms with Crippen LogP contribution >= 0.6 is 0 Å². The fourth-order valence-corrected chi connectivity index (χ4v) is 3.84. The lowest BCUT2D eigenvalue weighted by Crippen LogP contribution is -2.25. The van der Waals surface area contributed by atoms with Gasteiger partial charge in [0.05, 0.1) is 14.2 Å². The van der Waals surface area contributed by atoms with Crippen molar-refractivity contribution in [1.82, 2.24) is 9.97 Å². The van der Waals surface area contributed by atoms with Gasteiger partial charge < -0.3 is 19.7 Å². The Labute approximate surface area is 171 Å². The average molecular weight is 390 g/mol. The number of hydrogen-bond acceptors (Lipinski definition) is 6. The average Bonchev–Trinajstić information content (AvgIpc) is 3.07. The van der Waals surface area contributed by atoms with E-state index in [1.807, 2.05) is 31.2 Å². The van der Waals surface area contributed by atoms with E-state index in [2.05, 4.69) is 46.4 Å². The van der Waals surface area contributed by atoms with Crippen LogP contribution in [0.5, 0.6) is 11.5 Å². The molecule has 150 valence electrons. The van der Waals surface area contributed by atoms with E-state index in [0.29, 0.717) is 30.0 Å². The van der Waals surface area contributed by atoms with Crippen molar-refractivity contribution in [2.75, 3.05) is 24.4 Å². The van der Waals surface area contributed by atoms with Crippen LogP contribution in [0, 0.1) is 6.92 Å². The maximum atomic E-state index is 5.39. The van der Waals surface area contributed by atoms with Crippen LogP contribution in [0.3, 0.4) is 0 Å². The number of fused-ring (bicyclic) bond motifs is 1. The Kier molecular flexibility index (Phi) is 5.25. The first-order valence-corrected chi connectivity index (χ1v) is 9.76. The highest BCUT2D eigenvalue weighted by Crippen LogP contribution is 2.37. The number of rotatable bonds is 6. The molecule has 1 N–H and O–H groups in total. The molecule has 0 saturated heterocycles. The fraction of sp³-hybridized carbons (Fsp3) is 0.304. The van der Waals surface area contributed by atoms with Crippen LogP contribution in [0.25, 0.3) is 0 Å². The third kappa shape index (κ3) is 3.83. The lowest BCUT2D eigenvalue weighted by Gasteiger charge is -2.24. The molecule has 0 radical (unpaired) electrons. The zero-order valence-electron chi connectivity index (χ0n) is 17.3. The van der Waals surface area contributed by atoms with E-state index in [0.717, 1.165) is 23.5 Å². The molecule has 6 heteroatoms. The van der Waals surface area contributed by atoms with Gasteiger partial charge in [0.25, 0.3) is 0 Å². The minimum Gasteiger partial charge on any atom is -0.493 e. The summed E-state index contributed by atoms with van der Waals surface area (Å²) in [6, 6.07) is 16.8. The third-order valence-corrected chi connectivity index (χ3v) is 5.19. The molecular formula is C23H26N4O2. The molecular weight excluding hydrogens is 364 g/mol. The summed E-state index contributed by atoms with van der Waals surface area (Å²) in [4.78, 5) is 11.7. The molecule has 0 spiro atoms. The van der Waals surface area contributed by atoms with E-state index >= 15 is 0 Å². The number of benzene rings is 2. The summed E-state index contributed by atoms with van der Waals surface area (Å²) in [5.74, 6) is 2.96. The van der Waals surface area contributed by atoms with Gasteiger partial charge in [-0.15, -0.1) is 0 Å². The first-order chi connectivity index (χ1) is 14.1. The van der Waals surface area contributed by atoms with Gasteiger partial charge in [-0.3, -0.25) is 0 Å². The topological polar surface area (TPSA) is 59.5 Å². The minimum absolute atomic E-state index is 0.361. The zero-order chi connectivity index (χ0) is 20.4. The number of methoxy groups -OCH3 is 2. The minimum atomic E-state index is 0.361. The predicted molar refractivity (Wildman–Crippen MR) is 115 cm³/mol. The summed E-state index contributed by atoms with van der Waals surface area (Å²) in [6.07, 6.45) is 1.02. The van der Waals surface area contributed by atoms with Gasteiger partial charge >= 0.3 is 0 Å². The number of para-hydroxylation sites is 1. The molecule has 0 saturated carbocycles. The SMILES string of the molecule is COc1ccc(CNc2nc(C)cc(N3c4ccccc4CC3C)n2)cc1OC. The molecule has 0 aliphatic carbocycles. The summed E-state index contributed by atoms with van der Waals surface area (Å²) >= 11 is 0. The van der Waals surface area contributed by atoms with Crippen LogP contribution in [-0.4, -0.2) is 30.2 Å². The molecule has 1 atom stereocenters. The van der Waals surface area contributed by atoms with Gasteiger partial charge in [-0.05, 0) is 49.6 Å². The summed E-state index contributed by atoms with van der Waals surface area (Å²) in [7, 11) is 3.27. The van der Waals surface area contributed by atoms with Crippen LogP contribution < -0.4 is 19.7 Å². The van der Waals surface area contributed by atoms with Crippen molar-refractivity contribution in [3.63, 3.8) is 0 Å². The van der Waals surface area contributed by atoms with Gasteiger partial charge in [0, 0.05) is 30.0 Å². The number of anilines is 3. The number of hydrogen-bond donors (Lipinski definition) is 1. The smallest absolute Gasteiger partial charge is 0.225 e. The van der Waals surface area contributed by atoms with Crippen LogP contribution in [0.4, 0.5) is 17.5 Å². The highest BCUT2D eigenvalue weighted by Gasteiger charge is 2.28. The number of aryl methyl sites for hydroxylation is 1. The van der Waals surface area contributed by atoms with Crippen molar-refractivity contribution in [2.45, 2.75) is 32.9 Å². The highest BCUT2D eigenvalue weighted by atomic mass is 16.5. The first kappa shape index (κ1) is 19.1. The van der Waals surface area contributed by atoms with Crippen LogP contribution in [-0.2, 0) is 13.0 Å². The van der Waals surface area contributed by atoms with Gasteiger partial charge in [0.15, 0.2) is 11.5 Å². The molecule has 6 nitrogen and oxygen atoms in total. The Morgan fingerprint density at radius 1 is 1.03 bits per heavy atom. The third-order valence-electron chi connectivity index (χ3n) is 5.19. The summed E-state index contributed by atoms with van der Waals surface area (Å²) in [5.41, 5.74) is 4.58. The van der Waals surface area contributed by atoms with E-state index in [-0.39, 0.29) is 0 Å². The second kappa shape index (κ2) is 7.99. The van der Waals surface area contributed by atoms with Crippen molar-refractivity contribution in [2.24, 2.45) is 0 Å². The molecule has 1 aromatic heterocycles. The number of nitrogens with zero attached hydrogens (tertiary/aromatic N) is 3. The lowest BCUT2D eigenvalue weighted by atomic mass is 10.1. The lowest BCUT2D eigenvalue weighted by molar-refractivity contribution is 0.354. The molecule has 0 bridgehead atoms. The Hall–Kier alpha value is -3.28. The summed E-state index contributed by atoms with van der Waals surface area (Å²) in [6.45, 7) is 4.82. The van der Waals surface area contributed by atoms with Gasteiger partial charge in [0.1, 0.15) is 5.82 Å². The number of ether oxygens (including phenoxy) is 2. The van der Waals surface area contributed by atoms with Crippen molar-refractivity contribution in [1.29, 1.82) is 0 Å². The van der Waals surface area contributed by atoms with E-state index in [4.69, 9.17) is 14.5 Å². The van der Waals surface area contributed by atoms with Crippen molar-refractivity contribution >= 4 is 17.5 Å². The standard InChI is InChI=1S/C23H26N4O2/c1-15-11-22(27-16(2)12-18-7-5-6-8-19(18)27)26-23(25-15)24-14-17-9-10-20(28-3)21(13-17)29-4/h5-11,13,16H,12,14H2,1-4H3,(H,24,25,26). The van der Waals surface area contributed by atoms with Crippen LogP contribution in [0.1, 0.15) is 23.7 Å². The fourth-order valence-electron chi connectivity index (χ4n) is 3.84. The van der Waals surface area contributed by atoms with Gasteiger partial charge in [-0.1, -0.05) is 24.3 Å². The maximum absolute atomic E-state index is 5.39. The molecule has 1 unspecified atom stereocenters. The van der Waals surface area contributed by atoms with Crippen molar-refractivity contribution in [3.8, 4) is 11.5 Å². The monoisotopic (exact) mass is 390 g/mol. The molecule has 4 rings (SSSR count). The van der Waals surface area contributed by atoms with E-state index in [9.17, 15) is 0 Å². The molecule has 2 aromatic carbocycles. The van der Waals surface area contributed by atoms with E-state index in [1.165, 1.54) is 11.3 Å². The molecule has 2 heterocycles. The second-order valence-corrected chi connectivity index (χ2v) is 7.29. The predicted octanol–water partition coefficient (Wildman–Crippen LogP) is 4.50. The van der Waals surface area contributed by atoms with Gasteiger partial charge in [-0.2, -0.15) is 4.98 Å². The molecule has 1 aliphatic heterocycles. The van der Waals surface area contributed by atoms with Gasteiger partial charge in [0.2, 0.25) is 5.95 Å². The van der Waals surface area contributed by atoms with E-state index < -0.39 is 0 Å². The van der Waals surface area contributed by atoms with Gasteiger partial charge in [-0.25, -0.2) is 4.98 Å². The van der Waals surface area contributed by atoms with Crippen LogP contribution in [0.2, 0.25) is 0 Å². The quantitative estimate of drug-likeness (QED) is 0.669. The molecule has 1 aliphatic rings. The van der Waals surface area contributed by atoms with Crippen molar-refractivity contribution < 1.29 is 9.47 Å². The Bertz CT molecular complexity index is 1020. The number of aromatic nitrogens is 2. The molecule has 29 heavy (non-hydrogen) atoms. The summed E-state index contributed by atoms with van der Waals surface area (Å²) < 4.78 is 10.7. The molecule has 0 fully saturated rings. The van der Waals surface area contributed by atoms with Crippen molar-refractivity contribution in [3.05, 3.63) is 65.4 Å². The first-order valence-electron chi connectivity index (χ1n) is 9.76. The second-order valence-electron chi connectivity index (χ2n) is 7.29. The Balaban J connectivity index is 1.57. The normalized spacial score (nSPS) is 15.2. The molecule has 3 aromatic rings. The van der Waals surface area contributed by atoms with Crippen LogP contribution in [0.15, 0.2) is 48.5 Å².